The summed E-state index contributed by atoms with van der Waals surface area (Å²) in [5.74, 6) is -0.0867. The van der Waals surface area contributed by atoms with Crippen LogP contribution in [0.15, 0.2) is 75.9 Å². The van der Waals surface area contributed by atoms with Gasteiger partial charge in [-0.05, 0) is 49.8 Å². The second kappa shape index (κ2) is 14.0. The molecule has 3 heterocycles. The molecule has 1 saturated heterocycles. The van der Waals surface area contributed by atoms with Crippen molar-refractivity contribution >= 4 is 34.8 Å². The van der Waals surface area contributed by atoms with E-state index >= 15 is 0 Å². The minimum absolute atomic E-state index is 0.0714. The molecule has 2 aromatic rings. The number of ether oxygens (including phenoxy) is 4. The summed E-state index contributed by atoms with van der Waals surface area (Å²) in [6, 6.07) is 14.2. The molecular formula is C33H37N3O7S. The molecule has 10 nitrogen and oxygen atoms in total. The normalized spacial score (nSPS) is 19.5. The van der Waals surface area contributed by atoms with E-state index in [4.69, 9.17) is 23.9 Å². The van der Waals surface area contributed by atoms with E-state index < -0.39 is 12.0 Å². The number of aliphatic imine (C=N–C) groups is 1. The third kappa shape index (κ3) is 6.62. The average Bonchev–Trinajstić information content (AvgIpc) is 3.44. The van der Waals surface area contributed by atoms with Gasteiger partial charge in [0.25, 0.3) is 0 Å². The van der Waals surface area contributed by atoms with Gasteiger partial charge in [-0.15, -0.1) is 0 Å². The lowest BCUT2D eigenvalue weighted by Crippen LogP contribution is -2.44. The Kier molecular flexibility index (Phi) is 9.94. The molecule has 0 bridgehead atoms. The topological polar surface area (TPSA) is 107 Å². The minimum Gasteiger partial charge on any atom is -0.497 e. The van der Waals surface area contributed by atoms with Gasteiger partial charge in [-0.3, -0.25) is 9.59 Å². The molecule has 0 radical (unpaired) electrons. The number of methoxy groups -OCH3 is 2. The first-order chi connectivity index (χ1) is 21.3. The van der Waals surface area contributed by atoms with E-state index in [9.17, 15) is 14.4 Å². The molecule has 0 unspecified atom stereocenters. The highest BCUT2D eigenvalue weighted by molar-refractivity contribution is 8.16. The molecule has 44 heavy (non-hydrogen) atoms. The Morgan fingerprint density at radius 3 is 2.57 bits per heavy atom. The molecule has 0 saturated carbocycles. The predicted molar refractivity (Wildman–Crippen MR) is 167 cm³/mol. The number of likely N-dealkylation sites (tertiary alicyclic amines) is 1. The third-order valence-corrected chi connectivity index (χ3v) is 8.78. The number of rotatable bonds is 10. The molecule has 0 N–H and O–H groups in total. The number of carbonyl (C=O) groups excluding carboxylic acids is 3. The lowest BCUT2D eigenvalue weighted by atomic mass is 9.92. The van der Waals surface area contributed by atoms with Crippen LogP contribution in [0.3, 0.4) is 0 Å². The Bertz CT molecular complexity index is 1500. The van der Waals surface area contributed by atoms with Crippen LogP contribution < -0.4 is 9.47 Å². The van der Waals surface area contributed by atoms with Crippen LogP contribution in [0.2, 0.25) is 0 Å². The Balaban J connectivity index is 1.45. The third-order valence-electron chi connectivity index (χ3n) is 7.89. The van der Waals surface area contributed by atoms with Crippen LogP contribution in [0.25, 0.3) is 0 Å². The zero-order chi connectivity index (χ0) is 31.2. The minimum atomic E-state index is -0.672. The zero-order valence-corrected chi connectivity index (χ0v) is 26.2. The van der Waals surface area contributed by atoms with E-state index in [0.717, 1.165) is 12.0 Å². The van der Waals surface area contributed by atoms with Gasteiger partial charge >= 0.3 is 11.9 Å². The van der Waals surface area contributed by atoms with Crippen LogP contribution in [-0.4, -0.2) is 66.7 Å². The van der Waals surface area contributed by atoms with Crippen molar-refractivity contribution in [3.8, 4) is 11.5 Å². The quantitative estimate of drug-likeness (QED) is 0.331. The lowest BCUT2D eigenvalue weighted by Gasteiger charge is -2.37. The molecule has 2 atom stereocenters. The van der Waals surface area contributed by atoms with Gasteiger partial charge in [0.05, 0.1) is 50.5 Å². The van der Waals surface area contributed by atoms with Gasteiger partial charge in [0.1, 0.15) is 18.1 Å². The summed E-state index contributed by atoms with van der Waals surface area (Å²) < 4.78 is 22.3. The first kappa shape index (κ1) is 31.2. The van der Waals surface area contributed by atoms with Crippen LogP contribution in [0.1, 0.15) is 50.3 Å². The van der Waals surface area contributed by atoms with Crippen molar-refractivity contribution < 1.29 is 33.3 Å². The molecule has 1 fully saturated rings. The standard InChI is InChI=1S/C33H37N3O7S/c1-5-42-31(38)23-12-9-15-35(18-23)28(37)16-24-20-44-33-34-21(2)29(32(39)43-19-22-10-7-6-8-11-22)30(36(24)33)26-14-13-25(40-3)17-27(26)41-4/h6-8,10-11,13-14,17,20,23,30H,5,9,12,15-16,18-19H2,1-4H3/t23-,30+/m1/s1. The summed E-state index contributed by atoms with van der Waals surface area (Å²) in [7, 11) is 3.14. The van der Waals surface area contributed by atoms with E-state index in [-0.39, 0.29) is 30.8 Å². The van der Waals surface area contributed by atoms with Crippen molar-refractivity contribution in [3.63, 3.8) is 0 Å². The maximum atomic E-state index is 13.8. The maximum Gasteiger partial charge on any atom is 0.338 e. The van der Waals surface area contributed by atoms with Gasteiger partial charge in [-0.2, -0.15) is 0 Å². The summed E-state index contributed by atoms with van der Waals surface area (Å²) in [5.41, 5.74) is 3.14. The Hall–Kier alpha value is -4.25. The van der Waals surface area contributed by atoms with Gasteiger partial charge in [-0.25, -0.2) is 9.79 Å². The molecule has 1 amide bonds. The number of carbonyl (C=O) groups is 3. The number of benzene rings is 2. The van der Waals surface area contributed by atoms with Crippen LogP contribution in [0.4, 0.5) is 0 Å². The molecule has 5 rings (SSSR count). The molecule has 2 aromatic carbocycles. The summed E-state index contributed by atoms with van der Waals surface area (Å²) in [6.07, 6.45) is 1.49. The lowest BCUT2D eigenvalue weighted by molar-refractivity contribution is -0.151. The Morgan fingerprint density at radius 2 is 1.84 bits per heavy atom. The molecule has 0 spiro atoms. The van der Waals surface area contributed by atoms with Crippen molar-refractivity contribution in [2.75, 3.05) is 33.9 Å². The van der Waals surface area contributed by atoms with Crippen LogP contribution in [0.5, 0.6) is 11.5 Å². The smallest absolute Gasteiger partial charge is 0.338 e. The highest BCUT2D eigenvalue weighted by Gasteiger charge is 2.43. The van der Waals surface area contributed by atoms with Gasteiger partial charge in [0.2, 0.25) is 5.91 Å². The molecule has 232 valence electrons. The number of amides is 1. The first-order valence-electron chi connectivity index (χ1n) is 14.7. The van der Waals surface area contributed by atoms with Crippen molar-refractivity contribution in [1.82, 2.24) is 9.80 Å². The van der Waals surface area contributed by atoms with Crippen LogP contribution >= 0.6 is 11.8 Å². The number of piperidine rings is 1. The highest BCUT2D eigenvalue weighted by atomic mass is 32.2. The molecule has 11 heteroatoms. The first-order valence-corrected chi connectivity index (χ1v) is 15.5. The fourth-order valence-corrected chi connectivity index (χ4v) is 6.66. The second-order valence-electron chi connectivity index (χ2n) is 10.7. The maximum absolute atomic E-state index is 13.8. The zero-order valence-electron chi connectivity index (χ0n) is 25.4. The number of amidine groups is 1. The van der Waals surface area contributed by atoms with Crippen LogP contribution in [0, 0.1) is 5.92 Å². The summed E-state index contributed by atoms with van der Waals surface area (Å²) in [4.78, 5) is 48.3. The van der Waals surface area contributed by atoms with Gasteiger partial charge in [-0.1, -0.05) is 42.1 Å². The SMILES string of the molecule is CCOC(=O)[C@@H]1CCCN(C(=O)CC2=CSC3=NC(C)=C(C(=O)OCc4ccccc4)[C@H](c4ccc(OC)cc4OC)N23)C1. The average molecular weight is 620 g/mol. The molecule has 0 aromatic heterocycles. The number of hydrogen-bond donors (Lipinski definition) is 0. The molecule has 3 aliphatic heterocycles. The van der Waals surface area contributed by atoms with E-state index in [1.54, 1.807) is 39.0 Å². The fraction of sp³-hybridized carbons (Fsp3) is 0.394. The van der Waals surface area contributed by atoms with Crippen molar-refractivity contribution in [1.29, 1.82) is 0 Å². The van der Waals surface area contributed by atoms with E-state index in [1.807, 2.05) is 52.8 Å². The highest BCUT2D eigenvalue weighted by Crippen LogP contribution is 2.47. The Morgan fingerprint density at radius 1 is 1.05 bits per heavy atom. The van der Waals surface area contributed by atoms with Crippen LogP contribution in [-0.2, 0) is 30.5 Å². The molecule has 3 aliphatic rings. The van der Waals surface area contributed by atoms with Crippen molar-refractivity contribution in [3.05, 3.63) is 82.0 Å². The van der Waals surface area contributed by atoms with Crippen molar-refractivity contribution in [2.45, 2.75) is 45.8 Å². The second-order valence-corrected chi connectivity index (χ2v) is 11.5. The number of thioether (sulfide) groups is 1. The monoisotopic (exact) mass is 619 g/mol. The van der Waals surface area contributed by atoms with E-state index in [1.165, 1.54) is 11.8 Å². The number of hydrogen-bond acceptors (Lipinski definition) is 10. The fourth-order valence-electron chi connectivity index (χ4n) is 5.69. The number of fused-ring (bicyclic) bond motifs is 1. The van der Waals surface area contributed by atoms with Gasteiger partial charge < -0.3 is 28.7 Å². The Labute approximate surface area is 261 Å². The number of nitrogens with zero attached hydrogens (tertiary/aromatic N) is 3. The van der Waals surface area contributed by atoms with E-state index in [2.05, 4.69) is 0 Å². The largest absolute Gasteiger partial charge is 0.497 e. The number of esters is 2. The molecular weight excluding hydrogens is 582 g/mol. The summed E-state index contributed by atoms with van der Waals surface area (Å²) in [6.45, 7) is 4.88. The van der Waals surface area contributed by atoms with Gasteiger partial charge in [0, 0.05) is 30.4 Å². The van der Waals surface area contributed by atoms with Gasteiger partial charge in [0.15, 0.2) is 5.17 Å². The van der Waals surface area contributed by atoms with Crippen molar-refractivity contribution in [2.24, 2.45) is 10.9 Å². The van der Waals surface area contributed by atoms with E-state index in [0.29, 0.717) is 65.3 Å². The molecule has 0 aliphatic carbocycles. The predicted octanol–water partition coefficient (Wildman–Crippen LogP) is 5.21. The number of allylic oxidation sites excluding steroid dienone is 1. The summed E-state index contributed by atoms with van der Waals surface area (Å²) >= 11 is 1.40. The summed E-state index contributed by atoms with van der Waals surface area (Å²) in [5, 5.41) is 2.55.